The molecular weight excluding hydrogens is 202 g/mol. The van der Waals surface area contributed by atoms with Gasteiger partial charge in [0.15, 0.2) is 0 Å². The summed E-state index contributed by atoms with van der Waals surface area (Å²) in [6, 6.07) is 0.700. The van der Waals surface area contributed by atoms with Crippen LogP contribution in [-0.4, -0.2) is 40.7 Å². The first kappa shape index (κ1) is 11.5. The summed E-state index contributed by atoms with van der Waals surface area (Å²) in [5.74, 6) is 0. The van der Waals surface area contributed by atoms with Crippen molar-refractivity contribution in [2.45, 2.75) is 38.3 Å². The Bertz CT molecular complexity index is 264. The summed E-state index contributed by atoms with van der Waals surface area (Å²) in [4.78, 5) is 0. The van der Waals surface area contributed by atoms with Crippen LogP contribution in [0.2, 0.25) is 0 Å². The monoisotopic (exact) mass is 223 g/mol. The molecule has 1 atom stereocenters. The molecule has 0 aromatic carbocycles. The topological polar surface area (TPSA) is 54.8 Å². The van der Waals surface area contributed by atoms with Crippen molar-refractivity contribution in [2.75, 3.05) is 19.6 Å². The van der Waals surface area contributed by atoms with Crippen LogP contribution in [-0.2, 0) is 6.54 Å². The lowest BCUT2D eigenvalue weighted by Gasteiger charge is -2.15. The minimum absolute atomic E-state index is 0.700. The SMILES string of the molecule is c1cn(CCCNC2CCCNCC2)nn1. The van der Waals surface area contributed by atoms with Crippen LogP contribution in [0.5, 0.6) is 0 Å². The quantitative estimate of drug-likeness (QED) is 0.710. The molecule has 1 aliphatic heterocycles. The summed E-state index contributed by atoms with van der Waals surface area (Å²) in [7, 11) is 0. The van der Waals surface area contributed by atoms with E-state index in [0.717, 1.165) is 26.1 Å². The lowest BCUT2D eigenvalue weighted by atomic mass is 10.1. The van der Waals surface area contributed by atoms with Gasteiger partial charge in [0.25, 0.3) is 0 Å². The second-order valence-electron chi connectivity index (χ2n) is 4.35. The fourth-order valence-corrected chi connectivity index (χ4v) is 2.12. The molecule has 2 N–H and O–H groups in total. The average molecular weight is 223 g/mol. The first-order valence-electron chi connectivity index (χ1n) is 6.23. The fourth-order valence-electron chi connectivity index (χ4n) is 2.12. The zero-order valence-corrected chi connectivity index (χ0v) is 9.73. The molecule has 0 radical (unpaired) electrons. The van der Waals surface area contributed by atoms with Crippen molar-refractivity contribution in [1.29, 1.82) is 0 Å². The zero-order chi connectivity index (χ0) is 11.1. The van der Waals surface area contributed by atoms with E-state index in [-0.39, 0.29) is 0 Å². The summed E-state index contributed by atoms with van der Waals surface area (Å²) < 4.78 is 1.89. The van der Waals surface area contributed by atoms with E-state index in [2.05, 4.69) is 20.9 Å². The molecule has 0 spiro atoms. The molecule has 5 nitrogen and oxygen atoms in total. The molecule has 5 heteroatoms. The second-order valence-corrected chi connectivity index (χ2v) is 4.35. The van der Waals surface area contributed by atoms with Gasteiger partial charge in [-0.15, -0.1) is 5.10 Å². The molecule has 16 heavy (non-hydrogen) atoms. The highest BCUT2D eigenvalue weighted by Crippen LogP contribution is 2.04. The lowest BCUT2D eigenvalue weighted by molar-refractivity contribution is 0.445. The number of nitrogens with zero attached hydrogens (tertiary/aromatic N) is 3. The van der Waals surface area contributed by atoms with Gasteiger partial charge in [-0.1, -0.05) is 5.21 Å². The van der Waals surface area contributed by atoms with Crippen LogP contribution >= 0.6 is 0 Å². The largest absolute Gasteiger partial charge is 0.317 e. The van der Waals surface area contributed by atoms with Crippen molar-refractivity contribution in [3.05, 3.63) is 12.4 Å². The molecule has 1 fully saturated rings. The van der Waals surface area contributed by atoms with Gasteiger partial charge in [0.2, 0.25) is 0 Å². The van der Waals surface area contributed by atoms with E-state index >= 15 is 0 Å². The van der Waals surface area contributed by atoms with Crippen LogP contribution in [0.4, 0.5) is 0 Å². The number of aryl methyl sites for hydroxylation is 1. The minimum atomic E-state index is 0.700. The van der Waals surface area contributed by atoms with Gasteiger partial charge in [-0.05, 0) is 45.3 Å². The Hall–Kier alpha value is -0.940. The molecule has 90 valence electrons. The summed E-state index contributed by atoms with van der Waals surface area (Å²) in [5.41, 5.74) is 0. The molecule has 0 bridgehead atoms. The van der Waals surface area contributed by atoms with Crippen LogP contribution < -0.4 is 10.6 Å². The van der Waals surface area contributed by atoms with E-state index in [9.17, 15) is 0 Å². The molecule has 2 heterocycles. The zero-order valence-electron chi connectivity index (χ0n) is 9.73. The predicted molar refractivity (Wildman–Crippen MR) is 63.2 cm³/mol. The van der Waals surface area contributed by atoms with Crippen LogP contribution in [0.3, 0.4) is 0 Å². The maximum atomic E-state index is 3.94. The van der Waals surface area contributed by atoms with Crippen molar-refractivity contribution in [3.8, 4) is 0 Å². The van der Waals surface area contributed by atoms with Crippen molar-refractivity contribution in [3.63, 3.8) is 0 Å². The Morgan fingerprint density at radius 3 is 3.25 bits per heavy atom. The Kier molecular flexibility index (Phi) is 4.76. The van der Waals surface area contributed by atoms with E-state index in [4.69, 9.17) is 0 Å². The summed E-state index contributed by atoms with van der Waals surface area (Å²) in [6.45, 7) is 4.36. The summed E-state index contributed by atoms with van der Waals surface area (Å²) >= 11 is 0. The van der Waals surface area contributed by atoms with Crippen LogP contribution in [0, 0.1) is 0 Å². The Morgan fingerprint density at radius 2 is 2.38 bits per heavy atom. The van der Waals surface area contributed by atoms with Crippen molar-refractivity contribution < 1.29 is 0 Å². The molecule has 0 aliphatic carbocycles. The molecule has 1 unspecified atom stereocenters. The highest BCUT2D eigenvalue weighted by atomic mass is 15.4. The maximum absolute atomic E-state index is 3.94. The molecule has 1 aromatic rings. The van der Waals surface area contributed by atoms with E-state index < -0.39 is 0 Å². The Balaban J connectivity index is 1.56. The van der Waals surface area contributed by atoms with E-state index in [1.807, 2.05) is 10.9 Å². The van der Waals surface area contributed by atoms with Crippen molar-refractivity contribution in [1.82, 2.24) is 25.6 Å². The van der Waals surface area contributed by atoms with Crippen molar-refractivity contribution >= 4 is 0 Å². The standard InChI is InChI=1S/C11H21N5/c1-3-11(4-7-12-5-1)13-6-2-9-16-10-8-14-15-16/h8,10-13H,1-7,9H2. The molecule has 0 amide bonds. The van der Waals surface area contributed by atoms with Gasteiger partial charge in [-0.25, -0.2) is 0 Å². The third kappa shape index (κ3) is 3.90. The molecule has 2 rings (SSSR count). The molecular formula is C11H21N5. The van der Waals surface area contributed by atoms with Gasteiger partial charge in [0.05, 0.1) is 6.20 Å². The predicted octanol–water partition coefficient (Wildman–Crippen LogP) is 0.400. The van der Waals surface area contributed by atoms with E-state index in [1.54, 1.807) is 6.20 Å². The third-order valence-corrected chi connectivity index (χ3v) is 3.04. The molecule has 1 saturated heterocycles. The average Bonchev–Trinajstić information content (AvgIpc) is 2.68. The number of rotatable bonds is 5. The number of hydrogen-bond acceptors (Lipinski definition) is 4. The first-order chi connectivity index (χ1) is 7.95. The van der Waals surface area contributed by atoms with Gasteiger partial charge in [0, 0.05) is 18.8 Å². The second kappa shape index (κ2) is 6.60. The minimum Gasteiger partial charge on any atom is -0.317 e. The van der Waals surface area contributed by atoms with Gasteiger partial charge >= 0.3 is 0 Å². The normalized spacial score (nSPS) is 21.9. The van der Waals surface area contributed by atoms with Gasteiger partial charge in [-0.3, -0.25) is 4.68 Å². The van der Waals surface area contributed by atoms with Gasteiger partial charge < -0.3 is 10.6 Å². The van der Waals surface area contributed by atoms with Crippen LogP contribution in [0.1, 0.15) is 25.7 Å². The van der Waals surface area contributed by atoms with Crippen LogP contribution in [0.15, 0.2) is 12.4 Å². The van der Waals surface area contributed by atoms with E-state index in [1.165, 1.54) is 25.8 Å². The third-order valence-electron chi connectivity index (χ3n) is 3.04. The summed E-state index contributed by atoms with van der Waals surface area (Å²) in [5, 5.41) is 14.8. The highest BCUT2D eigenvalue weighted by molar-refractivity contribution is 4.72. The number of nitrogens with one attached hydrogen (secondary N) is 2. The van der Waals surface area contributed by atoms with Crippen molar-refractivity contribution in [2.24, 2.45) is 0 Å². The first-order valence-corrected chi connectivity index (χ1v) is 6.23. The molecule has 0 saturated carbocycles. The summed E-state index contributed by atoms with van der Waals surface area (Å²) in [6.07, 6.45) is 8.60. The molecule has 1 aromatic heterocycles. The Morgan fingerprint density at radius 1 is 1.38 bits per heavy atom. The fraction of sp³-hybridized carbons (Fsp3) is 0.818. The van der Waals surface area contributed by atoms with Crippen LogP contribution in [0.25, 0.3) is 0 Å². The smallest absolute Gasteiger partial charge is 0.0692 e. The number of aromatic nitrogens is 3. The lowest BCUT2D eigenvalue weighted by Crippen LogP contribution is -2.31. The Labute approximate surface area is 96.6 Å². The van der Waals surface area contributed by atoms with Gasteiger partial charge in [0.1, 0.15) is 0 Å². The number of hydrogen-bond donors (Lipinski definition) is 2. The molecule has 1 aliphatic rings. The van der Waals surface area contributed by atoms with E-state index in [0.29, 0.717) is 6.04 Å². The van der Waals surface area contributed by atoms with Gasteiger partial charge in [-0.2, -0.15) is 0 Å². The highest BCUT2D eigenvalue weighted by Gasteiger charge is 2.10. The maximum Gasteiger partial charge on any atom is 0.0692 e.